The van der Waals surface area contributed by atoms with E-state index in [9.17, 15) is 4.79 Å². The van der Waals surface area contributed by atoms with E-state index in [4.69, 9.17) is 10.8 Å². The third-order valence-electron chi connectivity index (χ3n) is 2.94. The van der Waals surface area contributed by atoms with E-state index in [0.29, 0.717) is 13.0 Å². The molecule has 0 amide bonds. The molecule has 0 radical (unpaired) electrons. The standard InChI is InChI=1S/C11H23N3O2/c12-7-3-2-6-10(11(15)16)13-14-8-4-1-5-9-14/h10,13H,1-9,12H2,(H,15,16). The van der Waals surface area contributed by atoms with Gasteiger partial charge in [-0.3, -0.25) is 4.79 Å². The molecule has 0 aromatic heterocycles. The fourth-order valence-corrected chi connectivity index (χ4v) is 1.98. The van der Waals surface area contributed by atoms with Crippen LogP contribution in [0.15, 0.2) is 0 Å². The molecule has 1 aliphatic rings. The Labute approximate surface area is 97.0 Å². The van der Waals surface area contributed by atoms with E-state index >= 15 is 0 Å². The molecule has 1 heterocycles. The normalized spacial score (nSPS) is 19.6. The second-order valence-electron chi connectivity index (χ2n) is 4.35. The SMILES string of the molecule is NCCCCC(NN1CCCCC1)C(=O)O. The predicted octanol–water partition coefficient (Wildman–Crippen LogP) is 0.559. The molecule has 0 aliphatic carbocycles. The summed E-state index contributed by atoms with van der Waals surface area (Å²) in [7, 11) is 0. The summed E-state index contributed by atoms with van der Waals surface area (Å²) in [5, 5.41) is 11.1. The van der Waals surface area contributed by atoms with Gasteiger partial charge in [0.1, 0.15) is 6.04 Å². The first-order valence-electron chi connectivity index (χ1n) is 6.18. The molecule has 5 heteroatoms. The highest BCUT2D eigenvalue weighted by molar-refractivity contribution is 5.73. The second-order valence-corrected chi connectivity index (χ2v) is 4.35. The highest BCUT2D eigenvalue weighted by atomic mass is 16.4. The molecule has 5 nitrogen and oxygen atoms in total. The minimum Gasteiger partial charge on any atom is -0.480 e. The lowest BCUT2D eigenvalue weighted by Crippen LogP contribution is -2.50. The summed E-state index contributed by atoms with van der Waals surface area (Å²) in [6.45, 7) is 2.55. The topological polar surface area (TPSA) is 78.6 Å². The Kier molecular flexibility index (Phi) is 6.37. The zero-order valence-electron chi connectivity index (χ0n) is 9.82. The molecule has 1 fully saturated rings. The molecule has 16 heavy (non-hydrogen) atoms. The van der Waals surface area contributed by atoms with Crippen LogP contribution >= 0.6 is 0 Å². The Bertz CT molecular complexity index is 205. The largest absolute Gasteiger partial charge is 0.480 e. The van der Waals surface area contributed by atoms with Gasteiger partial charge in [0.05, 0.1) is 0 Å². The van der Waals surface area contributed by atoms with Gasteiger partial charge in [0, 0.05) is 13.1 Å². The average molecular weight is 229 g/mol. The van der Waals surface area contributed by atoms with Crippen LogP contribution in [0, 0.1) is 0 Å². The number of hydrogen-bond donors (Lipinski definition) is 3. The summed E-state index contributed by atoms with van der Waals surface area (Å²) < 4.78 is 0. The van der Waals surface area contributed by atoms with E-state index in [-0.39, 0.29) is 0 Å². The number of carboxylic acid groups (broad SMARTS) is 1. The molecule has 0 saturated carbocycles. The summed E-state index contributed by atoms with van der Waals surface area (Å²) in [5.41, 5.74) is 8.50. The van der Waals surface area contributed by atoms with Crippen molar-refractivity contribution in [1.82, 2.24) is 10.4 Å². The average Bonchev–Trinajstić information content (AvgIpc) is 2.29. The van der Waals surface area contributed by atoms with Crippen molar-refractivity contribution in [2.45, 2.75) is 44.6 Å². The first-order chi connectivity index (χ1) is 7.74. The van der Waals surface area contributed by atoms with Crippen molar-refractivity contribution in [3.63, 3.8) is 0 Å². The summed E-state index contributed by atoms with van der Waals surface area (Å²) in [6.07, 6.45) is 5.98. The summed E-state index contributed by atoms with van der Waals surface area (Å²) in [6, 6.07) is -0.454. The fourth-order valence-electron chi connectivity index (χ4n) is 1.98. The van der Waals surface area contributed by atoms with Gasteiger partial charge in [-0.1, -0.05) is 6.42 Å². The number of hydrazine groups is 1. The third kappa shape index (κ3) is 4.92. The van der Waals surface area contributed by atoms with Crippen molar-refractivity contribution in [2.75, 3.05) is 19.6 Å². The maximum absolute atomic E-state index is 11.0. The van der Waals surface area contributed by atoms with Crippen molar-refractivity contribution < 1.29 is 9.90 Å². The van der Waals surface area contributed by atoms with Crippen LogP contribution < -0.4 is 11.2 Å². The smallest absolute Gasteiger partial charge is 0.322 e. The Morgan fingerprint density at radius 3 is 2.56 bits per heavy atom. The van der Waals surface area contributed by atoms with Gasteiger partial charge in [-0.15, -0.1) is 0 Å². The number of hydrogen-bond acceptors (Lipinski definition) is 4. The van der Waals surface area contributed by atoms with Crippen LogP contribution in [0.25, 0.3) is 0 Å². The van der Waals surface area contributed by atoms with Crippen molar-refractivity contribution in [1.29, 1.82) is 0 Å². The molecule has 0 spiro atoms. The first kappa shape index (κ1) is 13.4. The molecule has 0 aromatic carbocycles. The van der Waals surface area contributed by atoms with Crippen LogP contribution in [0.4, 0.5) is 0 Å². The Morgan fingerprint density at radius 1 is 1.31 bits per heavy atom. The van der Waals surface area contributed by atoms with Gasteiger partial charge in [-0.2, -0.15) is 0 Å². The number of aliphatic carboxylic acids is 1. The van der Waals surface area contributed by atoms with Crippen LogP contribution in [0.2, 0.25) is 0 Å². The van der Waals surface area contributed by atoms with Crippen molar-refractivity contribution in [3.05, 3.63) is 0 Å². The van der Waals surface area contributed by atoms with Gasteiger partial charge in [0.25, 0.3) is 0 Å². The van der Waals surface area contributed by atoms with E-state index < -0.39 is 12.0 Å². The lowest BCUT2D eigenvalue weighted by atomic mass is 10.1. The Morgan fingerprint density at radius 2 is 2.00 bits per heavy atom. The number of rotatable bonds is 7. The summed E-state index contributed by atoms with van der Waals surface area (Å²) >= 11 is 0. The maximum Gasteiger partial charge on any atom is 0.322 e. The number of nitrogens with zero attached hydrogens (tertiary/aromatic N) is 1. The van der Waals surface area contributed by atoms with Crippen molar-refractivity contribution >= 4 is 5.97 Å². The van der Waals surface area contributed by atoms with E-state index in [1.165, 1.54) is 6.42 Å². The Balaban J connectivity index is 2.28. The van der Waals surface area contributed by atoms with Crippen molar-refractivity contribution in [3.8, 4) is 0 Å². The van der Waals surface area contributed by atoms with E-state index in [2.05, 4.69) is 5.43 Å². The quantitative estimate of drug-likeness (QED) is 0.556. The molecular formula is C11H23N3O2. The van der Waals surface area contributed by atoms with E-state index in [0.717, 1.165) is 38.8 Å². The lowest BCUT2D eigenvalue weighted by Gasteiger charge is -2.30. The highest BCUT2D eigenvalue weighted by Crippen LogP contribution is 2.08. The Hall–Kier alpha value is -0.650. The van der Waals surface area contributed by atoms with Crippen LogP contribution in [-0.2, 0) is 4.79 Å². The number of piperidine rings is 1. The van der Waals surface area contributed by atoms with Gasteiger partial charge in [-0.05, 0) is 38.6 Å². The first-order valence-corrected chi connectivity index (χ1v) is 6.18. The number of unbranched alkanes of at least 4 members (excludes halogenated alkanes) is 1. The number of nitrogens with one attached hydrogen (secondary N) is 1. The monoisotopic (exact) mass is 229 g/mol. The molecule has 1 atom stereocenters. The molecular weight excluding hydrogens is 206 g/mol. The van der Waals surface area contributed by atoms with Crippen LogP contribution in [0.3, 0.4) is 0 Å². The molecule has 1 rings (SSSR count). The van der Waals surface area contributed by atoms with E-state index in [1.807, 2.05) is 5.01 Å². The second kappa shape index (κ2) is 7.60. The molecule has 1 saturated heterocycles. The van der Waals surface area contributed by atoms with Gasteiger partial charge in [0.15, 0.2) is 0 Å². The van der Waals surface area contributed by atoms with Gasteiger partial charge >= 0.3 is 5.97 Å². The molecule has 0 bridgehead atoms. The zero-order valence-corrected chi connectivity index (χ0v) is 9.82. The molecule has 94 valence electrons. The summed E-state index contributed by atoms with van der Waals surface area (Å²) in [5.74, 6) is -0.761. The van der Waals surface area contributed by atoms with Gasteiger partial charge in [-0.25, -0.2) is 10.4 Å². The van der Waals surface area contributed by atoms with Crippen LogP contribution in [0.5, 0.6) is 0 Å². The molecule has 1 unspecified atom stereocenters. The van der Waals surface area contributed by atoms with Gasteiger partial charge in [0.2, 0.25) is 0 Å². The third-order valence-corrected chi connectivity index (χ3v) is 2.94. The minimum absolute atomic E-state index is 0.454. The predicted molar refractivity (Wildman–Crippen MR) is 62.9 cm³/mol. The van der Waals surface area contributed by atoms with Crippen molar-refractivity contribution in [2.24, 2.45) is 5.73 Å². The van der Waals surface area contributed by atoms with Crippen LogP contribution in [-0.4, -0.2) is 41.8 Å². The number of carbonyl (C=O) groups is 1. The summed E-state index contributed by atoms with van der Waals surface area (Å²) in [4.78, 5) is 11.0. The molecule has 0 aromatic rings. The maximum atomic E-state index is 11.0. The lowest BCUT2D eigenvalue weighted by molar-refractivity contribution is -0.141. The van der Waals surface area contributed by atoms with Crippen LogP contribution in [0.1, 0.15) is 38.5 Å². The fraction of sp³-hybridized carbons (Fsp3) is 0.909. The zero-order chi connectivity index (χ0) is 11.8. The highest BCUT2D eigenvalue weighted by Gasteiger charge is 2.20. The number of carboxylic acids is 1. The molecule has 4 N–H and O–H groups in total. The van der Waals surface area contributed by atoms with E-state index in [1.54, 1.807) is 0 Å². The number of nitrogens with two attached hydrogens (primary N) is 1. The molecule has 1 aliphatic heterocycles. The van der Waals surface area contributed by atoms with Gasteiger partial charge < -0.3 is 10.8 Å². The minimum atomic E-state index is -0.761.